The predicted molar refractivity (Wildman–Crippen MR) is 141 cm³/mol. The van der Waals surface area contributed by atoms with Gasteiger partial charge in [-0.05, 0) is 37.5 Å². The molecule has 3 heterocycles. The lowest BCUT2D eigenvalue weighted by atomic mass is 9.87. The highest BCUT2D eigenvalue weighted by Gasteiger charge is 2.43. The first-order chi connectivity index (χ1) is 19.5. The number of halogens is 5. The molecule has 0 spiro atoms. The van der Waals surface area contributed by atoms with Gasteiger partial charge in [-0.2, -0.15) is 0 Å². The van der Waals surface area contributed by atoms with Crippen molar-refractivity contribution in [3.63, 3.8) is 0 Å². The number of aliphatic hydroxyl groups is 1. The first-order valence-electron chi connectivity index (χ1n) is 13.5. The number of aromatic amines is 1. The lowest BCUT2D eigenvalue weighted by Gasteiger charge is -2.42. The molecule has 2 aliphatic rings. The number of ether oxygens (including phenoxy) is 2. The van der Waals surface area contributed by atoms with Crippen LogP contribution in [0.3, 0.4) is 0 Å². The van der Waals surface area contributed by atoms with Crippen molar-refractivity contribution in [3.05, 3.63) is 64.4 Å². The van der Waals surface area contributed by atoms with E-state index in [2.05, 4.69) is 4.98 Å². The number of H-pyrrole nitrogens is 1. The van der Waals surface area contributed by atoms with Crippen LogP contribution in [0.2, 0.25) is 0 Å². The van der Waals surface area contributed by atoms with Crippen LogP contribution in [0.1, 0.15) is 46.6 Å². The van der Waals surface area contributed by atoms with Gasteiger partial charge in [0.2, 0.25) is 0 Å². The van der Waals surface area contributed by atoms with E-state index in [0.717, 1.165) is 12.1 Å². The van der Waals surface area contributed by atoms with Crippen LogP contribution in [0.25, 0.3) is 10.9 Å². The Morgan fingerprint density at radius 2 is 1.88 bits per heavy atom. The number of benzene rings is 2. The van der Waals surface area contributed by atoms with Crippen molar-refractivity contribution in [1.82, 2.24) is 14.8 Å². The molecule has 1 saturated heterocycles. The van der Waals surface area contributed by atoms with Gasteiger partial charge in [-0.25, -0.2) is 22.4 Å². The van der Waals surface area contributed by atoms with Crippen LogP contribution >= 0.6 is 0 Å². The molecule has 2 aliphatic heterocycles. The fraction of sp³-hybridized carbons (Fsp3) is 0.483. The Hall–Kier alpha value is -3.22. The first kappa shape index (κ1) is 29.3. The van der Waals surface area contributed by atoms with E-state index in [1.54, 1.807) is 25.1 Å². The number of likely N-dealkylation sites (tertiary alicyclic amines) is 1. The number of carbonyl (C=O) groups is 1. The van der Waals surface area contributed by atoms with E-state index in [9.17, 15) is 23.1 Å². The molecule has 0 saturated carbocycles. The maximum absolute atomic E-state index is 15.8. The number of esters is 1. The average Bonchev–Trinajstić information content (AvgIpc) is 3.27. The molecule has 222 valence electrons. The van der Waals surface area contributed by atoms with Gasteiger partial charge in [-0.3, -0.25) is 14.2 Å². The third-order valence-electron chi connectivity index (χ3n) is 7.84. The first-order valence-corrected chi connectivity index (χ1v) is 13.5. The third kappa shape index (κ3) is 5.77. The van der Waals surface area contributed by atoms with Gasteiger partial charge >= 0.3 is 5.97 Å². The van der Waals surface area contributed by atoms with E-state index in [1.165, 1.54) is 12.0 Å². The SMILES string of the molecule is COC(=O)c1ccc2c3c([nH]c2c1)[C@@H](c1c(F)cc(OC2CN(CCCF)C2)cc1F)N(CC(F)(F)CO)[C@H](C)C3. The zero-order valence-corrected chi connectivity index (χ0v) is 22.7. The molecule has 2 aromatic carbocycles. The molecule has 3 aromatic rings. The molecule has 0 amide bonds. The van der Waals surface area contributed by atoms with Crippen molar-refractivity contribution in [1.29, 1.82) is 0 Å². The second-order valence-electron chi connectivity index (χ2n) is 10.8. The zero-order valence-electron chi connectivity index (χ0n) is 22.7. The van der Waals surface area contributed by atoms with Crippen LogP contribution in [-0.4, -0.2) is 90.5 Å². The number of rotatable bonds is 10. The molecular formula is C29H32F5N3O4. The Morgan fingerprint density at radius 3 is 2.51 bits per heavy atom. The van der Waals surface area contributed by atoms with Gasteiger partial charge in [-0.15, -0.1) is 0 Å². The minimum Gasteiger partial charge on any atom is -0.488 e. The summed E-state index contributed by atoms with van der Waals surface area (Å²) in [4.78, 5) is 18.5. The fourth-order valence-corrected chi connectivity index (χ4v) is 5.83. The molecule has 0 aliphatic carbocycles. The highest BCUT2D eigenvalue weighted by Crippen LogP contribution is 2.44. The summed E-state index contributed by atoms with van der Waals surface area (Å²) in [7, 11) is 1.25. The Morgan fingerprint density at radius 1 is 1.17 bits per heavy atom. The van der Waals surface area contributed by atoms with Crippen molar-refractivity contribution in [2.24, 2.45) is 0 Å². The lowest BCUT2D eigenvalue weighted by Crippen LogP contribution is -2.53. The second-order valence-corrected chi connectivity index (χ2v) is 10.8. The second kappa shape index (κ2) is 11.6. The Balaban J connectivity index is 1.54. The molecule has 1 fully saturated rings. The van der Waals surface area contributed by atoms with Gasteiger partial charge in [0.1, 0.15) is 30.1 Å². The number of fused-ring (bicyclic) bond motifs is 3. The van der Waals surface area contributed by atoms with E-state index in [-0.39, 0.29) is 23.8 Å². The number of aliphatic hydroxyl groups excluding tert-OH is 1. The number of carbonyl (C=O) groups excluding carboxylic acids is 1. The quantitative estimate of drug-likeness (QED) is 0.269. The van der Waals surface area contributed by atoms with Crippen molar-refractivity contribution in [2.45, 2.75) is 43.9 Å². The summed E-state index contributed by atoms with van der Waals surface area (Å²) >= 11 is 0. The maximum Gasteiger partial charge on any atom is 0.337 e. The summed E-state index contributed by atoms with van der Waals surface area (Å²) in [6.45, 7) is 0.468. The normalized spacial score (nSPS) is 20.2. The molecule has 0 bridgehead atoms. The summed E-state index contributed by atoms with van der Waals surface area (Å²) in [5.74, 6) is -6.06. The standard InChI is InChI=1S/C29H32F5N3O4/c1-16-8-21-20-5-4-17(28(39)40-2)9-24(20)35-26(21)27(37(16)14-29(33,34)15-38)25-22(31)10-18(11-23(25)32)41-19-12-36(13-19)7-3-6-30/h4-5,9-11,16,19,27,35,38H,3,6-8,12-15H2,1-2H3/t16-,27-/m1/s1. The number of hydrogen-bond acceptors (Lipinski definition) is 6. The summed E-state index contributed by atoms with van der Waals surface area (Å²) in [5.41, 5.74) is 1.33. The Labute approximate surface area is 233 Å². The predicted octanol–water partition coefficient (Wildman–Crippen LogP) is 4.62. The van der Waals surface area contributed by atoms with E-state index in [4.69, 9.17) is 9.47 Å². The van der Waals surface area contributed by atoms with Crippen molar-refractivity contribution >= 4 is 16.9 Å². The van der Waals surface area contributed by atoms with Crippen LogP contribution in [0.4, 0.5) is 22.0 Å². The van der Waals surface area contributed by atoms with Crippen LogP contribution in [0, 0.1) is 11.6 Å². The third-order valence-corrected chi connectivity index (χ3v) is 7.84. The van der Waals surface area contributed by atoms with Crippen LogP contribution in [0.15, 0.2) is 30.3 Å². The van der Waals surface area contributed by atoms with Gasteiger partial charge in [0, 0.05) is 60.0 Å². The van der Waals surface area contributed by atoms with E-state index in [0.29, 0.717) is 48.2 Å². The van der Waals surface area contributed by atoms with E-state index < -0.39 is 61.0 Å². The zero-order chi connectivity index (χ0) is 29.5. The van der Waals surface area contributed by atoms with E-state index >= 15 is 8.78 Å². The van der Waals surface area contributed by atoms with Crippen molar-refractivity contribution < 1.29 is 41.3 Å². The summed E-state index contributed by atoms with van der Waals surface area (Å²) in [6.07, 6.45) is 0.379. The van der Waals surface area contributed by atoms with Crippen molar-refractivity contribution in [3.8, 4) is 5.75 Å². The minimum atomic E-state index is -3.53. The molecule has 12 heteroatoms. The highest BCUT2D eigenvalue weighted by molar-refractivity contribution is 5.96. The molecular weight excluding hydrogens is 549 g/mol. The molecule has 2 N–H and O–H groups in total. The molecule has 1 aromatic heterocycles. The highest BCUT2D eigenvalue weighted by atomic mass is 19.3. The Bertz CT molecular complexity index is 1400. The van der Waals surface area contributed by atoms with Gasteiger partial charge in [0.25, 0.3) is 5.92 Å². The van der Waals surface area contributed by atoms with Gasteiger partial charge in [0.15, 0.2) is 0 Å². The van der Waals surface area contributed by atoms with Gasteiger partial charge in [0.05, 0.1) is 31.9 Å². The molecule has 5 rings (SSSR count). The number of hydrogen-bond donors (Lipinski definition) is 2. The average molecular weight is 582 g/mol. The number of alkyl halides is 3. The summed E-state index contributed by atoms with van der Waals surface area (Å²) < 4.78 is 83.6. The smallest absolute Gasteiger partial charge is 0.337 e. The molecule has 2 atom stereocenters. The molecule has 41 heavy (non-hydrogen) atoms. The molecule has 7 nitrogen and oxygen atoms in total. The van der Waals surface area contributed by atoms with Crippen LogP contribution in [-0.2, 0) is 11.2 Å². The minimum absolute atomic E-state index is 0.0328. The van der Waals surface area contributed by atoms with Crippen molar-refractivity contribution in [2.75, 3.05) is 46.6 Å². The summed E-state index contributed by atoms with van der Waals surface area (Å²) in [6, 6.07) is 5.04. The van der Waals surface area contributed by atoms with Gasteiger partial charge in [-0.1, -0.05) is 6.07 Å². The largest absolute Gasteiger partial charge is 0.488 e. The lowest BCUT2D eigenvalue weighted by molar-refractivity contribution is -0.0869. The topological polar surface area (TPSA) is 78.0 Å². The van der Waals surface area contributed by atoms with E-state index in [1.807, 2.05) is 4.90 Å². The fourth-order valence-electron chi connectivity index (χ4n) is 5.83. The molecule has 0 radical (unpaired) electrons. The summed E-state index contributed by atoms with van der Waals surface area (Å²) in [5, 5.41) is 9.99. The van der Waals surface area contributed by atoms with Crippen LogP contribution in [0.5, 0.6) is 5.75 Å². The van der Waals surface area contributed by atoms with Gasteiger partial charge < -0.3 is 19.6 Å². The molecule has 0 unspecified atom stereocenters. The monoisotopic (exact) mass is 581 g/mol. The Kier molecular flexibility index (Phi) is 8.27. The number of methoxy groups -OCH3 is 1. The number of nitrogens with zero attached hydrogens (tertiary/aromatic N) is 2. The number of nitrogens with one attached hydrogen (secondary N) is 1. The number of aromatic nitrogens is 1. The van der Waals surface area contributed by atoms with Crippen LogP contribution < -0.4 is 4.74 Å². The maximum atomic E-state index is 15.8.